The van der Waals surface area contributed by atoms with E-state index in [0.29, 0.717) is 12.1 Å². The maximum Gasteiger partial charge on any atom is 0.168 e. The number of hydrogen-bond acceptors (Lipinski definition) is 4. The topological polar surface area (TPSA) is 50.7 Å². The molecule has 0 aromatic heterocycles. The molecule has 2 N–H and O–H groups in total. The Morgan fingerprint density at radius 1 is 0.944 bits per heavy atom. The van der Waals surface area contributed by atoms with Gasteiger partial charge in [-0.2, -0.15) is 0 Å². The van der Waals surface area contributed by atoms with Gasteiger partial charge >= 0.3 is 0 Å². The summed E-state index contributed by atoms with van der Waals surface area (Å²) in [5.74, 6) is -0.246. The molecule has 3 aliphatic rings. The summed E-state index contributed by atoms with van der Waals surface area (Å²) < 4.78 is 11.5. The number of ether oxygens (including phenoxy) is 2. The van der Waals surface area contributed by atoms with E-state index in [2.05, 4.69) is 5.32 Å². The fourth-order valence-electron chi connectivity index (χ4n) is 3.66. The standard InChI is InChI=1S/C14H25NO3/c16-13-3-1-2-12(10-13)15-11-4-6-14(7-5-11)17-8-9-18-14/h11-13,15-16H,1-10H2. The van der Waals surface area contributed by atoms with Crippen LogP contribution in [-0.2, 0) is 9.47 Å². The van der Waals surface area contributed by atoms with Gasteiger partial charge in [0.2, 0.25) is 0 Å². The highest BCUT2D eigenvalue weighted by molar-refractivity contribution is 4.88. The van der Waals surface area contributed by atoms with Gasteiger partial charge in [0.05, 0.1) is 19.3 Å². The molecule has 0 aromatic carbocycles. The first-order valence-electron chi connectivity index (χ1n) is 7.48. The van der Waals surface area contributed by atoms with Crippen molar-refractivity contribution in [1.29, 1.82) is 0 Å². The van der Waals surface area contributed by atoms with E-state index in [0.717, 1.165) is 58.2 Å². The molecule has 1 heterocycles. The number of nitrogens with one attached hydrogen (secondary N) is 1. The van der Waals surface area contributed by atoms with Crippen molar-refractivity contribution in [2.45, 2.75) is 75.3 Å². The Kier molecular flexibility index (Phi) is 3.89. The van der Waals surface area contributed by atoms with E-state index in [4.69, 9.17) is 9.47 Å². The van der Waals surface area contributed by atoms with Gasteiger partial charge in [0.1, 0.15) is 0 Å². The summed E-state index contributed by atoms with van der Waals surface area (Å²) >= 11 is 0. The lowest BCUT2D eigenvalue weighted by molar-refractivity contribution is -0.180. The Balaban J connectivity index is 1.45. The molecular weight excluding hydrogens is 230 g/mol. The Hall–Kier alpha value is -0.160. The van der Waals surface area contributed by atoms with E-state index in [1.54, 1.807) is 0 Å². The van der Waals surface area contributed by atoms with Crippen molar-refractivity contribution in [3.8, 4) is 0 Å². The molecule has 0 aromatic rings. The highest BCUT2D eigenvalue weighted by Crippen LogP contribution is 2.36. The van der Waals surface area contributed by atoms with Gasteiger partial charge in [0.15, 0.2) is 5.79 Å². The van der Waals surface area contributed by atoms with E-state index in [1.807, 2.05) is 0 Å². The first-order chi connectivity index (χ1) is 8.76. The second kappa shape index (κ2) is 5.45. The number of aliphatic hydroxyl groups excluding tert-OH is 1. The van der Waals surface area contributed by atoms with Crippen molar-refractivity contribution in [3.63, 3.8) is 0 Å². The zero-order valence-electron chi connectivity index (χ0n) is 11.1. The molecule has 1 aliphatic heterocycles. The predicted molar refractivity (Wildman–Crippen MR) is 68.3 cm³/mol. The van der Waals surface area contributed by atoms with E-state index >= 15 is 0 Å². The zero-order valence-corrected chi connectivity index (χ0v) is 11.1. The largest absolute Gasteiger partial charge is 0.393 e. The van der Waals surface area contributed by atoms with Crippen LogP contribution in [0.25, 0.3) is 0 Å². The smallest absolute Gasteiger partial charge is 0.168 e. The van der Waals surface area contributed by atoms with Crippen LogP contribution in [0.2, 0.25) is 0 Å². The third kappa shape index (κ3) is 2.87. The van der Waals surface area contributed by atoms with Crippen molar-refractivity contribution in [1.82, 2.24) is 5.32 Å². The molecule has 4 nitrogen and oxygen atoms in total. The van der Waals surface area contributed by atoms with E-state index in [-0.39, 0.29) is 11.9 Å². The fraction of sp³-hybridized carbons (Fsp3) is 1.00. The second-order valence-electron chi connectivity index (χ2n) is 6.07. The molecule has 4 heteroatoms. The average Bonchev–Trinajstić information content (AvgIpc) is 2.81. The normalized spacial score (nSPS) is 37.2. The van der Waals surface area contributed by atoms with Gasteiger partial charge < -0.3 is 19.9 Å². The minimum Gasteiger partial charge on any atom is -0.393 e. The molecule has 3 rings (SSSR count). The fourth-order valence-corrected chi connectivity index (χ4v) is 3.66. The van der Waals surface area contributed by atoms with Crippen LogP contribution in [0.15, 0.2) is 0 Å². The first-order valence-corrected chi connectivity index (χ1v) is 7.48. The highest BCUT2D eigenvalue weighted by atomic mass is 16.7. The van der Waals surface area contributed by atoms with Crippen LogP contribution >= 0.6 is 0 Å². The Bertz CT molecular complexity index is 268. The van der Waals surface area contributed by atoms with Crippen LogP contribution in [0.1, 0.15) is 51.4 Å². The minimum atomic E-state index is -0.246. The summed E-state index contributed by atoms with van der Waals surface area (Å²) in [4.78, 5) is 0. The van der Waals surface area contributed by atoms with Gasteiger partial charge in [0, 0.05) is 24.9 Å². The van der Waals surface area contributed by atoms with E-state index in [9.17, 15) is 5.11 Å². The van der Waals surface area contributed by atoms with Crippen molar-refractivity contribution in [2.24, 2.45) is 0 Å². The highest BCUT2D eigenvalue weighted by Gasteiger charge is 2.40. The molecule has 3 fully saturated rings. The van der Waals surface area contributed by atoms with Crippen LogP contribution in [0.5, 0.6) is 0 Å². The molecule has 2 atom stereocenters. The summed E-state index contributed by atoms with van der Waals surface area (Å²) in [6.07, 6.45) is 8.47. The molecular formula is C14H25NO3. The molecule has 1 spiro atoms. The second-order valence-corrected chi connectivity index (χ2v) is 6.07. The summed E-state index contributed by atoms with van der Waals surface area (Å²) in [6, 6.07) is 1.09. The summed E-state index contributed by atoms with van der Waals surface area (Å²) in [5.41, 5.74) is 0. The van der Waals surface area contributed by atoms with Crippen LogP contribution in [0.3, 0.4) is 0 Å². The monoisotopic (exact) mass is 255 g/mol. The quantitative estimate of drug-likeness (QED) is 0.786. The molecule has 0 bridgehead atoms. The molecule has 2 unspecified atom stereocenters. The third-order valence-electron chi connectivity index (χ3n) is 4.68. The van der Waals surface area contributed by atoms with Gasteiger partial charge in [-0.15, -0.1) is 0 Å². The maximum atomic E-state index is 9.70. The van der Waals surface area contributed by atoms with Gasteiger partial charge in [-0.05, 0) is 38.5 Å². The van der Waals surface area contributed by atoms with Gasteiger partial charge in [-0.3, -0.25) is 0 Å². The van der Waals surface area contributed by atoms with Crippen molar-refractivity contribution in [2.75, 3.05) is 13.2 Å². The molecule has 0 radical (unpaired) electrons. The van der Waals surface area contributed by atoms with E-state index < -0.39 is 0 Å². The lowest BCUT2D eigenvalue weighted by Gasteiger charge is -2.38. The van der Waals surface area contributed by atoms with Gasteiger partial charge in [-0.1, -0.05) is 0 Å². The number of rotatable bonds is 2. The zero-order chi connectivity index (χ0) is 12.4. The Labute approximate surface area is 109 Å². The van der Waals surface area contributed by atoms with Crippen molar-refractivity contribution < 1.29 is 14.6 Å². The molecule has 104 valence electrons. The number of hydrogen-bond donors (Lipinski definition) is 2. The number of aliphatic hydroxyl groups is 1. The maximum absolute atomic E-state index is 9.70. The predicted octanol–water partition coefficient (Wildman–Crippen LogP) is 1.57. The molecule has 2 saturated carbocycles. The average molecular weight is 255 g/mol. The SMILES string of the molecule is OC1CCCC(NC2CCC3(CC2)OCCO3)C1. The Morgan fingerprint density at radius 3 is 2.33 bits per heavy atom. The molecule has 1 saturated heterocycles. The van der Waals surface area contributed by atoms with Crippen molar-refractivity contribution in [3.05, 3.63) is 0 Å². The van der Waals surface area contributed by atoms with Gasteiger partial charge in [-0.25, -0.2) is 0 Å². The van der Waals surface area contributed by atoms with Gasteiger partial charge in [0.25, 0.3) is 0 Å². The lowest BCUT2D eigenvalue weighted by Crippen LogP contribution is -2.47. The molecule has 2 aliphatic carbocycles. The van der Waals surface area contributed by atoms with Crippen LogP contribution in [0, 0.1) is 0 Å². The summed E-state index contributed by atoms with van der Waals surface area (Å²) in [5, 5.41) is 13.4. The third-order valence-corrected chi connectivity index (χ3v) is 4.68. The van der Waals surface area contributed by atoms with Crippen molar-refractivity contribution >= 4 is 0 Å². The molecule has 18 heavy (non-hydrogen) atoms. The minimum absolute atomic E-state index is 0.0901. The van der Waals surface area contributed by atoms with Crippen LogP contribution < -0.4 is 5.32 Å². The molecule has 0 amide bonds. The van der Waals surface area contributed by atoms with Crippen LogP contribution in [-0.4, -0.2) is 42.3 Å². The first kappa shape index (κ1) is 12.9. The summed E-state index contributed by atoms with van der Waals surface area (Å²) in [7, 11) is 0. The van der Waals surface area contributed by atoms with Crippen LogP contribution in [0.4, 0.5) is 0 Å². The van der Waals surface area contributed by atoms with E-state index in [1.165, 1.54) is 6.42 Å². The lowest BCUT2D eigenvalue weighted by atomic mass is 9.87. The Morgan fingerprint density at radius 2 is 1.67 bits per heavy atom. The summed E-state index contributed by atoms with van der Waals surface area (Å²) in [6.45, 7) is 1.51.